The number of halogens is 1. The van der Waals surface area contributed by atoms with E-state index in [2.05, 4.69) is 11.8 Å². The van der Waals surface area contributed by atoms with Crippen molar-refractivity contribution in [3.05, 3.63) is 29.6 Å². The topological polar surface area (TPSA) is 29.3 Å². The van der Waals surface area contributed by atoms with Crippen LogP contribution in [0.25, 0.3) is 0 Å². The van der Waals surface area contributed by atoms with Crippen molar-refractivity contribution < 1.29 is 4.39 Å². The normalized spacial score (nSPS) is 22.6. The summed E-state index contributed by atoms with van der Waals surface area (Å²) in [6.07, 6.45) is 0. The molecule has 94 valence electrons. The highest BCUT2D eigenvalue weighted by atomic mass is 32.2. The minimum absolute atomic E-state index is 0.134. The minimum Gasteiger partial charge on any atom is -0.369 e. The summed E-state index contributed by atoms with van der Waals surface area (Å²) in [6, 6.07) is 4.81. The van der Waals surface area contributed by atoms with Crippen molar-refractivity contribution in [3.63, 3.8) is 0 Å². The number of benzene rings is 1. The van der Waals surface area contributed by atoms with Gasteiger partial charge in [-0.2, -0.15) is 11.8 Å². The van der Waals surface area contributed by atoms with Gasteiger partial charge in [-0.1, -0.05) is 6.92 Å². The zero-order valence-corrected chi connectivity index (χ0v) is 11.1. The van der Waals surface area contributed by atoms with Crippen molar-refractivity contribution in [3.8, 4) is 0 Å². The van der Waals surface area contributed by atoms with Crippen molar-refractivity contribution in [1.82, 2.24) is 0 Å². The summed E-state index contributed by atoms with van der Waals surface area (Å²) in [6.45, 7) is 6.16. The van der Waals surface area contributed by atoms with E-state index in [1.54, 1.807) is 6.07 Å². The van der Waals surface area contributed by atoms with E-state index in [1.165, 1.54) is 6.07 Å². The third-order valence-corrected chi connectivity index (χ3v) is 4.20. The molecule has 1 aliphatic heterocycles. The summed E-state index contributed by atoms with van der Waals surface area (Å²) in [5.41, 5.74) is 7.92. The van der Waals surface area contributed by atoms with Gasteiger partial charge in [-0.05, 0) is 30.7 Å². The summed E-state index contributed by atoms with van der Waals surface area (Å²) in [4.78, 5) is 2.32. The first-order chi connectivity index (χ1) is 8.08. The van der Waals surface area contributed by atoms with Crippen LogP contribution in [0.2, 0.25) is 0 Å². The molecule has 1 saturated heterocycles. The van der Waals surface area contributed by atoms with E-state index in [-0.39, 0.29) is 11.9 Å². The zero-order chi connectivity index (χ0) is 12.4. The molecule has 2 rings (SSSR count). The van der Waals surface area contributed by atoms with Crippen LogP contribution in [0.4, 0.5) is 10.1 Å². The molecule has 2 nitrogen and oxygen atoms in total. The molecule has 2 N–H and O–H groups in total. The summed E-state index contributed by atoms with van der Waals surface area (Å²) < 4.78 is 13.3. The van der Waals surface area contributed by atoms with Gasteiger partial charge < -0.3 is 10.6 Å². The summed E-state index contributed by atoms with van der Waals surface area (Å²) >= 11 is 1.99. The fourth-order valence-corrected chi connectivity index (χ4v) is 3.23. The zero-order valence-electron chi connectivity index (χ0n) is 10.3. The third-order valence-electron chi connectivity index (χ3n) is 3.06. The monoisotopic (exact) mass is 254 g/mol. The Morgan fingerprint density at radius 3 is 2.94 bits per heavy atom. The van der Waals surface area contributed by atoms with Crippen molar-refractivity contribution >= 4 is 17.4 Å². The molecule has 0 saturated carbocycles. The highest BCUT2D eigenvalue weighted by Gasteiger charge is 2.20. The van der Waals surface area contributed by atoms with Crippen molar-refractivity contribution in [2.75, 3.05) is 23.7 Å². The Morgan fingerprint density at radius 2 is 2.29 bits per heavy atom. The van der Waals surface area contributed by atoms with Crippen LogP contribution in [0.3, 0.4) is 0 Å². The molecule has 2 unspecified atom stereocenters. The molecule has 1 aromatic rings. The fraction of sp³-hybridized carbons (Fsp3) is 0.538. The van der Waals surface area contributed by atoms with E-state index in [1.807, 2.05) is 24.8 Å². The standard InChI is InChI=1S/C13H19FN2S/c1-9-8-16(5-6-17-9)13-4-3-11(14)7-12(13)10(2)15/h3-4,7,9-10H,5-6,8,15H2,1-2H3. The van der Waals surface area contributed by atoms with Crippen LogP contribution in [0.15, 0.2) is 18.2 Å². The van der Waals surface area contributed by atoms with Gasteiger partial charge in [0.1, 0.15) is 5.82 Å². The Hall–Kier alpha value is -0.740. The van der Waals surface area contributed by atoms with E-state index < -0.39 is 0 Å². The van der Waals surface area contributed by atoms with E-state index >= 15 is 0 Å². The number of nitrogens with zero attached hydrogens (tertiary/aromatic N) is 1. The third kappa shape index (κ3) is 2.93. The van der Waals surface area contributed by atoms with Gasteiger partial charge in [0.15, 0.2) is 0 Å². The second kappa shape index (κ2) is 5.27. The molecule has 4 heteroatoms. The van der Waals surface area contributed by atoms with Crippen molar-refractivity contribution in [2.45, 2.75) is 25.1 Å². The summed E-state index contributed by atoms with van der Waals surface area (Å²) in [5.74, 6) is 0.914. The second-order valence-electron chi connectivity index (χ2n) is 4.62. The first kappa shape index (κ1) is 12.7. The molecule has 1 heterocycles. The molecule has 0 radical (unpaired) electrons. The first-order valence-corrected chi connectivity index (χ1v) is 7.04. The predicted molar refractivity (Wildman–Crippen MR) is 73.1 cm³/mol. The van der Waals surface area contributed by atoms with E-state index in [0.29, 0.717) is 5.25 Å². The number of anilines is 1. The van der Waals surface area contributed by atoms with Crippen LogP contribution in [0, 0.1) is 5.82 Å². The highest BCUT2D eigenvalue weighted by Crippen LogP contribution is 2.30. The molecule has 0 aromatic heterocycles. The van der Waals surface area contributed by atoms with Gasteiger partial charge in [0.05, 0.1) is 0 Å². The quantitative estimate of drug-likeness (QED) is 0.880. The maximum Gasteiger partial charge on any atom is 0.123 e. The molecular formula is C13H19FN2S. The van der Waals surface area contributed by atoms with Crippen LogP contribution in [0.1, 0.15) is 25.5 Å². The molecule has 1 aromatic carbocycles. The Kier molecular flexibility index (Phi) is 3.94. The lowest BCUT2D eigenvalue weighted by Gasteiger charge is -2.34. The molecule has 17 heavy (non-hydrogen) atoms. The van der Waals surface area contributed by atoms with E-state index in [9.17, 15) is 4.39 Å². The molecule has 1 fully saturated rings. The summed E-state index contributed by atoms with van der Waals surface area (Å²) in [7, 11) is 0. The Labute approximate surface area is 106 Å². The largest absolute Gasteiger partial charge is 0.369 e. The van der Waals surface area contributed by atoms with Gasteiger partial charge in [-0.15, -0.1) is 0 Å². The van der Waals surface area contributed by atoms with Gasteiger partial charge >= 0.3 is 0 Å². The van der Waals surface area contributed by atoms with Crippen LogP contribution in [-0.4, -0.2) is 24.1 Å². The Balaban J connectivity index is 2.30. The second-order valence-corrected chi connectivity index (χ2v) is 6.17. The lowest BCUT2D eigenvalue weighted by molar-refractivity contribution is 0.621. The number of thioether (sulfide) groups is 1. The maximum absolute atomic E-state index is 13.3. The SMILES string of the molecule is CC1CN(c2ccc(F)cc2C(C)N)CCS1. The number of hydrogen-bond acceptors (Lipinski definition) is 3. The minimum atomic E-state index is -0.208. The van der Waals surface area contributed by atoms with Gasteiger partial charge in [-0.25, -0.2) is 4.39 Å². The van der Waals surface area contributed by atoms with Gasteiger partial charge in [0.2, 0.25) is 0 Å². The summed E-state index contributed by atoms with van der Waals surface area (Å²) in [5, 5.41) is 0.620. The highest BCUT2D eigenvalue weighted by molar-refractivity contribution is 8.00. The average Bonchev–Trinajstić information content (AvgIpc) is 2.28. The molecule has 0 aliphatic carbocycles. The molecule has 0 spiro atoms. The molecule has 0 amide bonds. The van der Waals surface area contributed by atoms with E-state index in [0.717, 1.165) is 30.1 Å². The van der Waals surface area contributed by atoms with Crippen LogP contribution in [-0.2, 0) is 0 Å². The van der Waals surface area contributed by atoms with Crippen LogP contribution >= 0.6 is 11.8 Å². The van der Waals surface area contributed by atoms with Crippen molar-refractivity contribution in [1.29, 1.82) is 0 Å². The van der Waals surface area contributed by atoms with Gasteiger partial charge in [0.25, 0.3) is 0 Å². The Bertz CT molecular complexity index is 395. The number of rotatable bonds is 2. The van der Waals surface area contributed by atoms with Crippen molar-refractivity contribution in [2.24, 2.45) is 5.73 Å². The van der Waals surface area contributed by atoms with Crippen LogP contribution in [0.5, 0.6) is 0 Å². The fourth-order valence-electron chi connectivity index (χ4n) is 2.22. The predicted octanol–water partition coefficient (Wildman–Crippen LogP) is 2.79. The maximum atomic E-state index is 13.3. The van der Waals surface area contributed by atoms with E-state index in [4.69, 9.17) is 5.73 Å². The lowest BCUT2D eigenvalue weighted by Crippen LogP contribution is -2.37. The van der Waals surface area contributed by atoms with Gasteiger partial charge in [0, 0.05) is 35.8 Å². The molecule has 1 aliphatic rings. The molecule has 2 atom stereocenters. The smallest absolute Gasteiger partial charge is 0.123 e. The Morgan fingerprint density at radius 1 is 1.53 bits per heavy atom. The average molecular weight is 254 g/mol. The van der Waals surface area contributed by atoms with Gasteiger partial charge in [-0.3, -0.25) is 0 Å². The van der Waals surface area contributed by atoms with Crippen LogP contribution < -0.4 is 10.6 Å². The number of nitrogens with two attached hydrogens (primary N) is 1. The lowest BCUT2D eigenvalue weighted by atomic mass is 10.1. The molecular weight excluding hydrogens is 235 g/mol. The molecule has 0 bridgehead atoms. The first-order valence-electron chi connectivity index (χ1n) is 5.99. The number of hydrogen-bond donors (Lipinski definition) is 1.